The molecule has 4 aromatic rings. The summed E-state index contributed by atoms with van der Waals surface area (Å²) in [5.41, 5.74) is 9.67. The second-order valence-electron chi connectivity index (χ2n) is 9.56. The van der Waals surface area contributed by atoms with Crippen LogP contribution in [0.1, 0.15) is 46.9 Å². The highest BCUT2D eigenvalue weighted by molar-refractivity contribution is 6.05. The van der Waals surface area contributed by atoms with Gasteiger partial charge in [0.2, 0.25) is 0 Å². The highest BCUT2D eigenvalue weighted by Gasteiger charge is 2.43. The van der Waals surface area contributed by atoms with Gasteiger partial charge in [-0.3, -0.25) is 4.79 Å². The van der Waals surface area contributed by atoms with E-state index < -0.39 is 18.2 Å². The molecule has 1 aliphatic heterocycles. The van der Waals surface area contributed by atoms with Crippen molar-refractivity contribution in [2.24, 2.45) is 10.8 Å². The first-order valence-corrected chi connectivity index (χ1v) is 12.6. The highest BCUT2D eigenvalue weighted by atomic mass is 19.3. The van der Waals surface area contributed by atoms with Crippen molar-refractivity contribution in [1.82, 2.24) is 9.78 Å². The number of rotatable bonds is 7. The standard InChI is InChI=1S/C29H26F2N6O4/c1-17(2)22-6-4-5-7-24(22)37(28(32)39)33-15-19-8-11-21(12-9-19)36-16-23(18(3)35-36)34-27(38)20-10-13-25-26(14-20)41-29(30,31)40-25/h4-17H,1-3H3,(H2,32,39)(H,34,38)/b33-15+. The van der Waals surface area contributed by atoms with Crippen LogP contribution in [-0.2, 0) is 0 Å². The van der Waals surface area contributed by atoms with E-state index in [1.54, 1.807) is 48.1 Å². The normalized spacial score (nSPS) is 13.5. The molecular weight excluding hydrogens is 534 g/mol. The lowest BCUT2D eigenvalue weighted by atomic mass is 10.0. The molecule has 3 N–H and O–H groups in total. The Kier molecular flexibility index (Phi) is 7.14. The maximum absolute atomic E-state index is 13.3. The van der Waals surface area contributed by atoms with Crippen molar-refractivity contribution in [3.05, 3.63) is 95.3 Å². The number of para-hydroxylation sites is 1. The first-order valence-electron chi connectivity index (χ1n) is 12.6. The lowest BCUT2D eigenvalue weighted by molar-refractivity contribution is -0.286. The number of aromatic nitrogens is 2. The number of primary amides is 1. The lowest BCUT2D eigenvalue weighted by Gasteiger charge is -2.20. The fourth-order valence-electron chi connectivity index (χ4n) is 4.24. The van der Waals surface area contributed by atoms with Crippen molar-refractivity contribution < 1.29 is 27.8 Å². The molecule has 0 unspecified atom stereocenters. The Balaban J connectivity index is 1.29. The van der Waals surface area contributed by atoms with Crippen LogP contribution in [0.25, 0.3) is 5.69 Å². The molecule has 5 rings (SSSR count). The second-order valence-corrected chi connectivity index (χ2v) is 9.56. The van der Waals surface area contributed by atoms with Gasteiger partial charge in [-0.25, -0.2) is 9.48 Å². The molecule has 41 heavy (non-hydrogen) atoms. The van der Waals surface area contributed by atoms with Gasteiger partial charge in [0, 0.05) is 5.56 Å². The molecule has 0 atom stereocenters. The van der Waals surface area contributed by atoms with Crippen molar-refractivity contribution in [3.8, 4) is 17.2 Å². The molecule has 210 valence electrons. The first kappa shape index (κ1) is 27.3. The van der Waals surface area contributed by atoms with Gasteiger partial charge in [-0.05, 0) is 60.4 Å². The minimum Gasteiger partial charge on any atom is -0.395 e. The molecule has 0 fully saturated rings. The summed E-state index contributed by atoms with van der Waals surface area (Å²) in [5.74, 6) is -0.729. The van der Waals surface area contributed by atoms with Gasteiger partial charge in [-0.2, -0.15) is 15.2 Å². The minimum absolute atomic E-state index is 0.113. The van der Waals surface area contributed by atoms with E-state index in [4.69, 9.17) is 5.73 Å². The predicted molar refractivity (Wildman–Crippen MR) is 149 cm³/mol. The summed E-state index contributed by atoms with van der Waals surface area (Å²) in [7, 11) is 0. The van der Waals surface area contributed by atoms with Crippen molar-refractivity contribution in [3.63, 3.8) is 0 Å². The van der Waals surface area contributed by atoms with Gasteiger partial charge < -0.3 is 20.5 Å². The van der Waals surface area contributed by atoms with Crippen molar-refractivity contribution in [2.75, 3.05) is 10.3 Å². The molecule has 0 aliphatic carbocycles. The topological polar surface area (TPSA) is 124 Å². The molecule has 0 radical (unpaired) electrons. The van der Waals surface area contributed by atoms with Gasteiger partial charge in [0.25, 0.3) is 5.91 Å². The van der Waals surface area contributed by atoms with Crippen LogP contribution in [0.5, 0.6) is 11.5 Å². The fourth-order valence-corrected chi connectivity index (χ4v) is 4.24. The molecule has 0 saturated heterocycles. The Hall–Kier alpha value is -5.26. The quantitative estimate of drug-likeness (QED) is 0.219. The fraction of sp³-hybridized carbons (Fsp3) is 0.172. The van der Waals surface area contributed by atoms with E-state index in [-0.39, 0.29) is 23.0 Å². The Morgan fingerprint density at radius 2 is 1.78 bits per heavy atom. The molecule has 0 saturated carbocycles. The van der Waals surface area contributed by atoms with Crippen LogP contribution >= 0.6 is 0 Å². The van der Waals surface area contributed by atoms with Crippen LogP contribution in [0.4, 0.5) is 25.0 Å². The Morgan fingerprint density at radius 3 is 2.49 bits per heavy atom. The number of carbonyl (C=O) groups is 2. The number of anilines is 2. The number of ether oxygens (including phenoxy) is 2. The summed E-state index contributed by atoms with van der Waals surface area (Å²) >= 11 is 0. The van der Waals surface area contributed by atoms with Crippen molar-refractivity contribution in [2.45, 2.75) is 33.0 Å². The molecule has 0 spiro atoms. The monoisotopic (exact) mass is 560 g/mol. The SMILES string of the molecule is Cc1nn(-c2ccc(/C=N/N(C(N)=O)c3ccccc3C(C)C)cc2)cc1NC(=O)c1ccc2c(c1)OC(F)(F)O2. The number of urea groups is 1. The van der Waals surface area contributed by atoms with E-state index in [9.17, 15) is 18.4 Å². The average molecular weight is 561 g/mol. The Morgan fingerprint density at radius 1 is 1.07 bits per heavy atom. The molecule has 2 heterocycles. The molecule has 0 bridgehead atoms. The zero-order valence-corrected chi connectivity index (χ0v) is 22.3. The third kappa shape index (κ3) is 5.86. The van der Waals surface area contributed by atoms with E-state index in [0.717, 1.165) is 5.56 Å². The summed E-state index contributed by atoms with van der Waals surface area (Å²) in [4.78, 5) is 24.9. The number of nitrogens with two attached hydrogens (primary N) is 1. The zero-order chi connectivity index (χ0) is 29.3. The van der Waals surface area contributed by atoms with Crippen LogP contribution < -0.4 is 25.5 Å². The minimum atomic E-state index is -3.77. The van der Waals surface area contributed by atoms with Crippen LogP contribution in [-0.4, -0.2) is 34.2 Å². The number of nitrogens with zero attached hydrogens (tertiary/aromatic N) is 4. The molecule has 3 aromatic carbocycles. The summed E-state index contributed by atoms with van der Waals surface area (Å²) in [6.07, 6.45) is -0.598. The van der Waals surface area contributed by atoms with Gasteiger partial charge in [0.05, 0.1) is 35.2 Å². The van der Waals surface area contributed by atoms with Gasteiger partial charge in [-0.1, -0.05) is 44.2 Å². The first-order chi connectivity index (χ1) is 19.5. The number of benzene rings is 3. The van der Waals surface area contributed by atoms with Gasteiger partial charge in [0.1, 0.15) is 0 Å². The van der Waals surface area contributed by atoms with Crippen molar-refractivity contribution >= 4 is 29.5 Å². The van der Waals surface area contributed by atoms with Crippen LogP contribution in [0, 0.1) is 6.92 Å². The van der Waals surface area contributed by atoms with Crippen molar-refractivity contribution in [1.29, 1.82) is 0 Å². The van der Waals surface area contributed by atoms with Gasteiger partial charge >= 0.3 is 12.3 Å². The van der Waals surface area contributed by atoms with Crippen LogP contribution in [0.15, 0.2) is 78.0 Å². The Labute approximate surface area is 234 Å². The summed E-state index contributed by atoms with van der Waals surface area (Å²) in [5, 5.41) is 12.7. The predicted octanol–water partition coefficient (Wildman–Crippen LogP) is 5.80. The maximum Gasteiger partial charge on any atom is 0.586 e. The van der Waals surface area contributed by atoms with E-state index in [0.29, 0.717) is 28.3 Å². The van der Waals surface area contributed by atoms with E-state index in [1.165, 1.54) is 29.4 Å². The number of fused-ring (bicyclic) bond motifs is 1. The second kappa shape index (κ2) is 10.7. The summed E-state index contributed by atoms with van der Waals surface area (Å²) in [6.45, 7) is 5.77. The number of aryl methyl sites for hydroxylation is 1. The molecular formula is C29H26F2N6O4. The summed E-state index contributed by atoms with van der Waals surface area (Å²) in [6, 6.07) is 17.7. The number of amides is 3. The number of alkyl halides is 2. The zero-order valence-electron chi connectivity index (χ0n) is 22.3. The van der Waals surface area contributed by atoms with Crippen LogP contribution in [0.2, 0.25) is 0 Å². The number of halogens is 2. The smallest absolute Gasteiger partial charge is 0.395 e. The number of hydrazone groups is 1. The molecule has 12 heteroatoms. The maximum atomic E-state index is 13.3. The van der Waals surface area contributed by atoms with E-state index in [2.05, 4.69) is 25.0 Å². The molecule has 3 amide bonds. The molecule has 1 aliphatic rings. The van der Waals surface area contributed by atoms with Crippen LogP contribution in [0.3, 0.4) is 0 Å². The third-order valence-electron chi connectivity index (χ3n) is 6.29. The number of carbonyl (C=O) groups excluding carboxylic acids is 2. The number of hydrogen-bond donors (Lipinski definition) is 2. The average Bonchev–Trinajstić information content (AvgIpc) is 3.45. The summed E-state index contributed by atoms with van der Waals surface area (Å²) < 4.78 is 37.0. The number of hydrogen-bond acceptors (Lipinski definition) is 6. The third-order valence-corrected chi connectivity index (χ3v) is 6.29. The van der Waals surface area contributed by atoms with Gasteiger partial charge in [-0.15, -0.1) is 8.78 Å². The molecule has 10 nitrogen and oxygen atoms in total. The molecule has 1 aromatic heterocycles. The van der Waals surface area contributed by atoms with Gasteiger partial charge in [0.15, 0.2) is 11.5 Å². The van der Waals surface area contributed by atoms with E-state index in [1.807, 2.05) is 32.0 Å². The largest absolute Gasteiger partial charge is 0.586 e. The number of nitrogens with one attached hydrogen (secondary N) is 1. The lowest BCUT2D eigenvalue weighted by Crippen LogP contribution is -2.32. The van der Waals surface area contributed by atoms with E-state index >= 15 is 0 Å². The highest BCUT2D eigenvalue weighted by Crippen LogP contribution is 2.41. The Bertz CT molecular complexity index is 1650.